The summed E-state index contributed by atoms with van der Waals surface area (Å²) in [5, 5.41) is 32.6. The van der Waals surface area contributed by atoms with Crippen molar-refractivity contribution in [3.8, 4) is 11.4 Å². The first-order valence-corrected chi connectivity index (χ1v) is 16.1. The number of carboxylic acids is 3. The van der Waals surface area contributed by atoms with Crippen molar-refractivity contribution in [3.05, 3.63) is 197 Å². The zero-order valence-electron chi connectivity index (χ0n) is 27.3. The lowest BCUT2D eigenvalue weighted by Gasteiger charge is -2.41. The van der Waals surface area contributed by atoms with E-state index in [9.17, 15) is 29.7 Å². The lowest BCUT2D eigenvalue weighted by Crippen LogP contribution is -2.50. The minimum absolute atomic E-state index is 0.0134. The lowest BCUT2D eigenvalue weighted by molar-refractivity contribution is 0.0642. The van der Waals surface area contributed by atoms with Crippen LogP contribution in [-0.4, -0.2) is 47.7 Å². The second-order valence-electron chi connectivity index (χ2n) is 11.7. The molecule has 1 atom stereocenters. The van der Waals surface area contributed by atoms with Crippen molar-refractivity contribution >= 4 is 17.9 Å². The zero-order valence-corrected chi connectivity index (χ0v) is 27.3. The SMILES string of the molecule is O=C(O)c1cc(C(=O)O)c(C(=O)O)c(C2(c3ccccc3)NC=CN2Cc2ccccc2)c1.c1ccc(Cn2ccnc2-c2ccccc2)cc1. The van der Waals surface area contributed by atoms with Gasteiger partial charge in [-0.2, -0.15) is 0 Å². The number of hydrogen-bond donors (Lipinski definition) is 4. The van der Waals surface area contributed by atoms with E-state index in [1.807, 2.05) is 71.9 Å². The van der Waals surface area contributed by atoms with Crippen LogP contribution in [-0.2, 0) is 18.8 Å². The van der Waals surface area contributed by atoms with Crippen LogP contribution in [0.1, 0.15) is 53.3 Å². The van der Waals surface area contributed by atoms with Gasteiger partial charge in [0.15, 0.2) is 5.66 Å². The molecular formula is C41H34N4O6. The summed E-state index contributed by atoms with van der Waals surface area (Å²) in [5.41, 5.74) is 1.23. The van der Waals surface area contributed by atoms with Gasteiger partial charge in [0.1, 0.15) is 5.82 Å². The van der Waals surface area contributed by atoms with Crippen molar-refractivity contribution < 1.29 is 29.7 Å². The fraction of sp³-hybridized carbons (Fsp3) is 0.0732. The van der Waals surface area contributed by atoms with Crippen LogP contribution in [0.15, 0.2) is 158 Å². The Bertz CT molecular complexity index is 2170. The molecule has 1 aromatic heterocycles. The monoisotopic (exact) mass is 678 g/mol. The summed E-state index contributed by atoms with van der Waals surface area (Å²) in [6, 6.07) is 41.2. The highest BCUT2D eigenvalue weighted by atomic mass is 16.4. The van der Waals surface area contributed by atoms with Gasteiger partial charge in [0.2, 0.25) is 0 Å². The number of carboxylic acid groups (broad SMARTS) is 3. The van der Waals surface area contributed by atoms with Gasteiger partial charge in [0.25, 0.3) is 0 Å². The summed E-state index contributed by atoms with van der Waals surface area (Å²) in [4.78, 5) is 42.4. The molecule has 4 N–H and O–H groups in total. The molecule has 1 aliphatic heterocycles. The van der Waals surface area contributed by atoms with Gasteiger partial charge in [0, 0.05) is 54.6 Å². The highest BCUT2D eigenvalue weighted by Crippen LogP contribution is 2.41. The largest absolute Gasteiger partial charge is 0.478 e. The Hall–Kier alpha value is -6.94. The molecule has 0 radical (unpaired) electrons. The number of carbonyl (C=O) groups is 3. The van der Waals surface area contributed by atoms with Crippen LogP contribution >= 0.6 is 0 Å². The molecule has 7 rings (SSSR count). The topological polar surface area (TPSA) is 145 Å². The highest BCUT2D eigenvalue weighted by molar-refractivity contribution is 6.05. The first-order valence-electron chi connectivity index (χ1n) is 16.1. The average Bonchev–Trinajstić information content (AvgIpc) is 3.80. The molecule has 0 saturated carbocycles. The third-order valence-corrected chi connectivity index (χ3v) is 8.53. The van der Waals surface area contributed by atoms with E-state index in [4.69, 9.17) is 0 Å². The molecule has 0 aliphatic carbocycles. The molecule has 254 valence electrons. The van der Waals surface area contributed by atoms with E-state index in [2.05, 4.69) is 51.3 Å². The average molecular weight is 679 g/mol. The molecular weight excluding hydrogens is 644 g/mol. The quantitative estimate of drug-likeness (QED) is 0.119. The third-order valence-electron chi connectivity index (χ3n) is 8.53. The molecule has 1 unspecified atom stereocenters. The number of rotatable bonds is 10. The van der Waals surface area contributed by atoms with Crippen molar-refractivity contribution in [1.82, 2.24) is 19.8 Å². The van der Waals surface area contributed by atoms with Gasteiger partial charge >= 0.3 is 17.9 Å². The molecule has 0 fully saturated rings. The number of imidazole rings is 1. The maximum absolute atomic E-state index is 12.3. The molecule has 6 aromatic rings. The molecule has 10 nitrogen and oxygen atoms in total. The van der Waals surface area contributed by atoms with E-state index in [0.29, 0.717) is 12.1 Å². The first-order chi connectivity index (χ1) is 24.8. The van der Waals surface area contributed by atoms with Crippen LogP contribution in [0.4, 0.5) is 0 Å². The van der Waals surface area contributed by atoms with Gasteiger partial charge in [-0.05, 0) is 23.3 Å². The Kier molecular flexibility index (Phi) is 10.0. The normalized spacial score (nSPS) is 14.6. The number of aromatic nitrogens is 2. The van der Waals surface area contributed by atoms with Gasteiger partial charge in [0.05, 0.1) is 16.7 Å². The van der Waals surface area contributed by atoms with Crippen molar-refractivity contribution in [2.45, 2.75) is 18.8 Å². The Labute approximate surface area is 294 Å². The second kappa shape index (κ2) is 15.1. The zero-order chi connectivity index (χ0) is 35.8. The second-order valence-corrected chi connectivity index (χ2v) is 11.7. The summed E-state index contributed by atoms with van der Waals surface area (Å²) >= 11 is 0. The van der Waals surface area contributed by atoms with Crippen LogP contribution in [0.5, 0.6) is 0 Å². The number of nitrogens with zero attached hydrogens (tertiary/aromatic N) is 3. The molecule has 10 heteroatoms. The molecule has 0 amide bonds. The molecule has 0 spiro atoms. The molecule has 2 heterocycles. The van der Waals surface area contributed by atoms with E-state index in [-0.39, 0.29) is 11.1 Å². The van der Waals surface area contributed by atoms with Gasteiger partial charge in [-0.1, -0.05) is 121 Å². The van der Waals surface area contributed by atoms with Crippen molar-refractivity contribution in [2.75, 3.05) is 0 Å². The van der Waals surface area contributed by atoms with Gasteiger partial charge in [-0.15, -0.1) is 0 Å². The first kappa shape index (κ1) is 33.9. The van der Waals surface area contributed by atoms with E-state index in [0.717, 1.165) is 29.6 Å². The Morgan fingerprint density at radius 3 is 1.80 bits per heavy atom. The summed E-state index contributed by atoms with van der Waals surface area (Å²) < 4.78 is 2.17. The van der Waals surface area contributed by atoms with Crippen molar-refractivity contribution in [1.29, 1.82) is 0 Å². The summed E-state index contributed by atoms with van der Waals surface area (Å²) in [6.07, 6.45) is 7.25. The maximum Gasteiger partial charge on any atom is 0.337 e. The molecule has 5 aromatic carbocycles. The number of nitrogens with one attached hydrogen (secondary N) is 1. The predicted molar refractivity (Wildman–Crippen MR) is 192 cm³/mol. The molecule has 51 heavy (non-hydrogen) atoms. The van der Waals surface area contributed by atoms with Crippen molar-refractivity contribution in [3.63, 3.8) is 0 Å². The standard InChI is InChI=1S/C25H20N2O6.C16H14N2/c28-22(29)17-13-19(23(30)31)21(24(32)33)20(14-17)25(18-9-5-2-6-10-18)26-11-12-27(25)15-16-7-3-1-4-8-16;1-3-7-14(8-4-1)13-18-12-11-17-16(18)15-9-5-2-6-10-15/h1-14,26H,15H2,(H,28,29)(H,30,31)(H,32,33);1-12H,13H2. The Morgan fingerprint density at radius 2 is 1.24 bits per heavy atom. The molecule has 0 saturated heterocycles. The number of benzene rings is 5. The van der Waals surface area contributed by atoms with Gasteiger partial charge in [-0.25, -0.2) is 19.4 Å². The Morgan fingerprint density at radius 1 is 0.667 bits per heavy atom. The third kappa shape index (κ3) is 7.25. The van der Waals surface area contributed by atoms with Gasteiger partial charge in [-0.3, -0.25) is 0 Å². The summed E-state index contributed by atoms with van der Waals surface area (Å²) in [7, 11) is 0. The Balaban J connectivity index is 0.000000208. The van der Waals surface area contributed by atoms with Crippen LogP contribution in [0.2, 0.25) is 0 Å². The number of hydrogen-bond acceptors (Lipinski definition) is 6. The van der Waals surface area contributed by atoms with Crippen LogP contribution in [0.25, 0.3) is 11.4 Å². The van der Waals surface area contributed by atoms with Crippen LogP contribution < -0.4 is 5.32 Å². The lowest BCUT2D eigenvalue weighted by atomic mass is 9.83. The van der Waals surface area contributed by atoms with Gasteiger partial charge < -0.3 is 30.1 Å². The fourth-order valence-corrected chi connectivity index (χ4v) is 6.22. The van der Waals surface area contributed by atoms with E-state index in [1.54, 1.807) is 42.7 Å². The van der Waals surface area contributed by atoms with Crippen LogP contribution in [0, 0.1) is 0 Å². The van der Waals surface area contributed by atoms with E-state index >= 15 is 0 Å². The predicted octanol–water partition coefficient (Wildman–Crippen LogP) is 7.16. The minimum atomic E-state index is -1.53. The summed E-state index contributed by atoms with van der Waals surface area (Å²) in [6.45, 7) is 1.20. The smallest absolute Gasteiger partial charge is 0.337 e. The van der Waals surface area contributed by atoms with Crippen LogP contribution in [0.3, 0.4) is 0 Å². The van der Waals surface area contributed by atoms with Crippen molar-refractivity contribution in [2.24, 2.45) is 0 Å². The summed E-state index contributed by atoms with van der Waals surface area (Å²) in [5.74, 6) is -3.34. The minimum Gasteiger partial charge on any atom is -0.478 e. The molecule has 0 bridgehead atoms. The van der Waals surface area contributed by atoms with E-state index in [1.165, 1.54) is 11.6 Å². The fourth-order valence-electron chi connectivity index (χ4n) is 6.22. The number of aromatic carboxylic acids is 3. The van der Waals surface area contributed by atoms with E-state index < -0.39 is 34.7 Å². The molecule has 1 aliphatic rings. The maximum atomic E-state index is 12.3. The highest BCUT2D eigenvalue weighted by Gasteiger charge is 2.45.